The van der Waals surface area contributed by atoms with Crippen LogP contribution in [0, 0.1) is 5.92 Å². The van der Waals surface area contributed by atoms with Crippen LogP contribution < -0.4 is 10.1 Å². The maximum absolute atomic E-state index is 13.0. The highest BCUT2D eigenvalue weighted by molar-refractivity contribution is 6.05. The zero-order valence-corrected chi connectivity index (χ0v) is 18.5. The molecule has 2 atom stereocenters. The van der Waals surface area contributed by atoms with Gasteiger partial charge in [-0.2, -0.15) is 0 Å². The van der Waals surface area contributed by atoms with Crippen LogP contribution in [-0.4, -0.2) is 36.6 Å². The van der Waals surface area contributed by atoms with Crippen molar-refractivity contribution in [2.24, 2.45) is 5.92 Å². The highest BCUT2D eigenvalue weighted by Gasteiger charge is 2.23. The van der Waals surface area contributed by atoms with Gasteiger partial charge in [0.1, 0.15) is 5.75 Å². The van der Waals surface area contributed by atoms with E-state index in [1.165, 1.54) is 6.42 Å². The lowest BCUT2D eigenvalue weighted by Crippen LogP contribution is -2.42. The van der Waals surface area contributed by atoms with Crippen molar-refractivity contribution < 1.29 is 19.1 Å². The Morgan fingerprint density at radius 3 is 2.56 bits per heavy atom. The molecule has 6 heteroatoms. The molecule has 0 radical (unpaired) electrons. The lowest BCUT2D eigenvalue weighted by Gasteiger charge is -2.29. The molecule has 32 heavy (non-hydrogen) atoms. The number of ether oxygens (including phenoxy) is 2. The molecule has 1 heterocycles. The van der Waals surface area contributed by atoms with Crippen LogP contribution in [0.4, 0.5) is 0 Å². The highest BCUT2D eigenvalue weighted by atomic mass is 16.5. The van der Waals surface area contributed by atoms with Crippen molar-refractivity contribution in [2.75, 3.05) is 13.7 Å². The van der Waals surface area contributed by atoms with Gasteiger partial charge < -0.3 is 14.8 Å². The van der Waals surface area contributed by atoms with E-state index in [0.717, 1.165) is 30.6 Å². The molecule has 1 N–H and O–H groups in total. The maximum Gasteiger partial charge on any atom is 0.339 e. The van der Waals surface area contributed by atoms with E-state index in [4.69, 9.17) is 14.5 Å². The summed E-state index contributed by atoms with van der Waals surface area (Å²) in [5.74, 6) is 0.392. The third-order valence-electron chi connectivity index (χ3n) is 6.11. The number of hydrogen-bond acceptors (Lipinski definition) is 5. The molecule has 1 fully saturated rings. The maximum atomic E-state index is 13.0. The van der Waals surface area contributed by atoms with Crippen LogP contribution >= 0.6 is 0 Å². The number of methoxy groups -OCH3 is 1. The number of esters is 1. The van der Waals surface area contributed by atoms with Crippen molar-refractivity contribution in [2.45, 2.75) is 38.6 Å². The number of para-hydroxylation sites is 1. The van der Waals surface area contributed by atoms with Gasteiger partial charge in [0.25, 0.3) is 5.91 Å². The zero-order valence-electron chi connectivity index (χ0n) is 18.5. The van der Waals surface area contributed by atoms with Gasteiger partial charge in [-0.3, -0.25) is 4.79 Å². The smallest absolute Gasteiger partial charge is 0.339 e. The number of benzene rings is 2. The average Bonchev–Trinajstić information content (AvgIpc) is 2.83. The summed E-state index contributed by atoms with van der Waals surface area (Å²) in [5, 5.41) is 3.71. The fraction of sp³-hybridized carbons (Fsp3) is 0.346. The Balaban J connectivity index is 1.53. The Morgan fingerprint density at radius 2 is 1.81 bits per heavy atom. The van der Waals surface area contributed by atoms with E-state index in [9.17, 15) is 9.59 Å². The van der Waals surface area contributed by atoms with E-state index in [1.807, 2.05) is 48.5 Å². The molecule has 6 nitrogen and oxygen atoms in total. The lowest BCUT2D eigenvalue weighted by molar-refractivity contribution is -0.125. The third-order valence-corrected chi connectivity index (χ3v) is 6.11. The normalized spacial score (nSPS) is 18.2. The van der Waals surface area contributed by atoms with Gasteiger partial charge in [-0.25, -0.2) is 9.78 Å². The molecule has 1 aliphatic carbocycles. The summed E-state index contributed by atoms with van der Waals surface area (Å²) < 4.78 is 10.6. The summed E-state index contributed by atoms with van der Waals surface area (Å²) in [6.45, 7) is 1.86. The average molecular weight is 433 g/mol. The standard InChI is InChI=1S/C26H28N2O4/c1-17-7-3-5-9-22(17)28-25(29)16-32-26(30)21-15-24(18-11-13-19(31-2)14-12-18)27-23-10-6-4-8-20(21)23/h4,6,8,10-15,17,22H,3,5,7,9,16H2,1-2H3,(H,28,29)/t17-,22+/m0/s1. The molecule has 0 saturated heterocycles. The quantitative estimate of drug-likeness (QED) is 0.568. The first kappa shape index (κ1) is 21.8. The fourth-order valence-electron chi connectivity index (χ4n) is 4.24. The van der Waals surface area contributed by atoms with E-state index in [0.29, 0.717) is 28.1 Å². The number of carbonyl (C=O) groups is 2. The van der Waals surface area contributed by atoms with Crippen molar-refractivity contribution in [1.82, 2.24) is 10.3 Å². The van der Waals surface area contributed by atoms with Gasteiger partial charge in [0, 0.05) is 17.0 Å². The van der Waals surface area contributed by atoms with Crippen LogP contribution in [0.25, 0.3) is 22.2 Å². The summed E-state index contributed by atoms with van der Waals surface area (Å²) in [4.78, 5) is 30.0. The lowest BCUT2D eigenvalue weighted by atomic mass is 9.86. The van der Waals surface area contributed by atoms with Gasteiger partial charge in [0.15, 0.2) is 6.61 Å². The van der Waals surface area contributed by atoms with E-state index < -0.39 is 5.97 Å². The Morgan fingerprint density at radius 1 is 1.06 bits per heavy atom. The molecule has 4 rings (SSSR count). The molecule has 3 aromatic rings. The van der Waals surface area contributed by atoms with Gasteiger partial charge >= 0.3 is 5.97 Å². The van der Waals surface area contributed by atoms with Crippen LogP contribution in [-0.2, 0) is 9.53 Å². The number of aromatic nitrogens is 1. The van der Waals surface area contributed by atoms with Gasteiger partial charge in [0.05, 0.1) is 23.9 Å². The van der Waals surface area contributed by atoms with Crippen molar-refractivity contribution in [3.8, 4) is 17.0 Å². The molecule has 2 aromatic carbocycles. The predicted molar refractivity (Wildman–Crippen MR) is 124 cm³/mol. The summed E-state index contributed by atoms with van der Waals surface area (Å²) in [6, 6.07) is 16.8. The second-order valence-electron chi connectivity index (χ2n) is 8.31. The minimum atomic E-state index is -0.537. The first-order chi connectivity index (χ1) is 15.5. The van der Waals surface area contributed by atoms with E-state index in [-0.39, 0.29) is 18.6 Å². The molecule has 0 bridgehead atoms. The molecule has 1 saturated carbocycles. The van der Waals surface area contributed by atoms with Crippen LogP contribution in [0.5, 0.6) is 5.75 Å². The minimum absolute atomic E-state index is 0.151. The number of nitrogens with zero attached hydrogens (tertiary/aromatic N) is 1. The van der Waals surface area contributed by atoms with Crippen molar-refractivity contribution >= 4 is 22.8 Å². The Labute approximate surface area is 187 Å². The van der Waals surface area contributed by atoms with Gasteiger partial charge in [0.2, 0.25) is 0 Å². The van der Waals surface area contributed by atoms with Crippen molar-refractivity contribution in [3.63, 3.8) is 0 Å². The molecule has 1 aromatic heterocycles. The summed E-state index contributed by atoms with van der Waals surface area (Å²) >= 11 is 0. The highest BCUT2D eigenvalue weighted by Crippen LogP contribution is 2.27. The molecule has 1 aliphatic rings. The zero-order chi connectivity index (χ0) is 22.5. The number of rotatable bonds is 6. The van der Waals surface area contributed by atoms with Gasteiger partial charge in [-0.1, -0.05) is 38.0 Å². The third kappa shape index (κ3) is 4.90. The van der Waals surface area contributed by atoms with E-state index in [1.54, 1.807) is 13.2 Å². The fourth-order valence-corrected chi connectivity index (χ4v) is 4.24. The second-order valence-corrected chi connectivity index (χ2v) is 8.31. The molecule has 0 spiro atoms. The molecule has 0 unspecified atom stereocenters. The Kier molecular flexibility index (Phi) is 6.69. The number of nitrogens with one attached hydrogen (secondary N) is 1. The molecule has 0 aliphatic heterocycles. The molecule has 1 amide bonds. The van der Waals surface area contributed by atoms with Crippen molar-refractivity contribution in [1.29, 1.82) is 0 Å². The van der Waals surface area contributed by atoms with Crippen LogP contribution in [0.2, 0.25) is 0 Å². The van der Waals surface area contributed by atoms with Crippen molar-refractivity contribution in [3.05, 3.63) is 60.2 Å². The van der Waals surface area contributed by atoms with Crippen LogP contribution in [0.15, 0.2) is 54.6 Å². The molecular formula is C26H28N2O4. The number of carbonyl (C=O) groups excluding carboxylic acids is 2. The Hall–Kier alpha value is -3.41. The van der Waals surface area contributed by atoms with Gasteiger partial charge in [-0.05, 0) is 55.2 Å². The number of fused-ring (bicyclic) bond motifs is 1. The molecular weight excluding hydrogens is 404 g/mol. The topological polar surface area (TPSA) is 77.5 Å². The first-order valence-electron chi connectivity index (χ1n) is 11.1. The number of pyridine rings is 1. The summed E-state index contributed by atoms with van der Waals surface area (Å²) in [7, 11) is 1.61. The summed E-state index contributed by atoms with van der Waals surface area (Å²) in [6.07, 6.45) is 4.41. The SMILES string of the molecule is COc1ccc(-c2cc(C(=O)OCC(=O)N[C@@H]3CCCC[C@@H]3C)c3ccccc3n2)cc1. The predicted octanol–water partition coefficient (Wildman–Crippen LogP) is 4.76. The summed E-state index contributed by atoms with van der Waals surface area (Å²) in [5.41, 5.74) is 2.59. The minimum Gasteiger partial charge on any atom is -0.497 e. The second kappa shape index (κ2) is 9.81. The van der Waals surface area contributed by atoms with Crippen LogP contribution in [0.1, 0.15) is 43.0 Å². The molecule has 166 valence electrons. The van der Waals surface area contributed by atoms with Gasteiger partial charge in [-0.15, -0.1) is 0 Å². The van der Waals surface area contributed by atoms with Crippen LogP contribution in [0.3, 0.4) is 0 Å². The Bertz CT molecular complexity index is 1110. The van der Waals surface area contributed by atoms with E-state index in [2.05, 4.69) is 12.2 Å². The first-order valence-corrected chi connectivity index (χ1v) is 11.1. The number of hydrogen-bond donors (Lipinski definition) is 1. The monoisotopic (exact) mass is 432 g/mol. The van der Waals surface area contributed by atoms with E-state index >= 15 is 0 Å². The largest absolute Gasteiger partial charge is 0.497 e. The number of amides is 1.